The molecule has 1 unspecified atom stereocenters. The molecule has 2 atom stereocenters. The van der Waals surface area contributed by atoms with Crippen molar-refractivity contribution < 1.29 is 31.8 Å². The Bertz CT molecular complexity index is 1270. The minimum absolute atomic E-state index is 0.0175. The molecule has 40 heavy (non-hydrogen) atoms. The zero-order valence-corrected chi connectivity index (χ0v) is 24.7. The Morgan fingerprint density at radius 2 is 1.82 bits per heavy atom. The van der Waals surface area contributed by atoms with Gasteiger partial charge in [0, 0.05) is 25.2 Å². The first-order valence-electron chi connectivity index (χ1n) is 13.3. The van der Waals surface area contributed by atoms with Crippen molar-refractivity contribution in [2.24, 2.45) is 5.41 Å². The fraction of sp³-hybridized carbons (Fsp3) is 0.552. The van der Waals surface area contributed by atoms with Gasteiger partial charge in [-0.2, -0.15) is 13.1 Å². The fourth-order valence-electron chi connectivity index (χ4n) is 5.68. The summed E-state index contributed by atoms with van der Waals surface area (Å²) < 4.78 is 57.3. The molecule has 2 aromatic carbocycles. The van der Waals surface area contributed by atoms with E-state index in [1.807, 2.05) is 44.4 Å². The van der Waals surface area contributed by atoms with Gasteiger partial charge >= 0.3 is 12.6 Å². The molecule has 0 aromatic heterocycles. The van der Waals surface area contributed by atoms with Crippen LogP contribution in [0.4, 0.5) is 8.78 Å². The third-order valence-electron chi connectivity index (χ3n) is 6.84. The van der Waals surface area contributed by atoms with Gasteiger partial charge in [-0.1, -0.05) is 63.2 Å². The van der Waals surface area contributed by atoms with Crippen LogP contribution in [0.5, 0.6) is 5.75 Å². The maximum absolute atomic E-state index is 13.2. The highest BCUT2D eigenvalue weighted by Crippen LogP contribution is 2.34. The summed E-state index contributed by atoms with van der Waals surface area (Å²) in [6.45, 7) is 4.52. The largest absolute Gasteiger partial charge is 0.480 e. The van der Waals surface area contributed by atoms with Gasteiger partial charge in [0.2, 0.25) is 10.0 Å². The molecule has 2 aromatic rings. The lowest BCUT2D eigenvalue weighted by atomic mass is 9.75. The summed E-state index contributed by atoms with van der Waals surface area (Å²) in [7, 11) is 0.295. The van der Waals surface area contributed by atoms with Gasteiger partial charge in [0.25, 0.3) is 0 Å². The molecule has 0 radical (unpaired) electrons. The third-order valence-corrected chi connectivity index (χ3v) is 8.69. The number of hydrogen-bond acceptors (Lipinski definition) is 6. The molecule has 3 rings (SSSR count). The molecule has 1 saturated heterocycles. The molecule has 0 amide bonds. The van der Waals surface area contributed by atoms with Crippen LogP contribution in [0.15, 0.2) is 48.5 Å². The lowest BCUT2D eigenvalue weighted by Gasteiger charge is -2.42. The lowest BCUT2D eigenvalue weighted by molar-refractivity contribution is -0.141. The van der Waals surface area contributed by atoms with Crippen molar-refractivity contribution in [1.82, 2.24) is 14.5 Å². The SMILES string of the molecule is CN(C)C[C@@](Cc1ccccc1OC(F)F)(CC(C)(C)C)NCc1cccc(CN2C(C(=O)O)CCS2(=O)=O)c1. The quantitative estimate of drug-likeness (QED) is 0.363. The van der Waals surface area contributed by atoms with Gasteiger partial charge in [0.05, 0.1) is 5.75 Å². The second-order valence-electron chi connectivity index (χ2n) is 12.1. The van der Waals surface area contributed by atoms with E-state index in [0.717, 1.165) is 16.3 Å². The number of rotatable bonds is 13. The minimum Gasteiger partial charge on any atom is -0.480 e. The van der Waals surface area contributed by atoms with E-state index in [4.69, 9.17) is 4.74 Å². The number of likely N-dealkylation sites (N-methyl/N-ethyl adjacent to an activating group) is 1. The molecule has 8 nitrogen and oxygen atoms in total. The highest BCUT2D eigenvalue weighted by molar-refractivity contribution is 7.89. The fourth-order valence-corrected chi connectivity index (χ4v) is 7.36. The van der Waals surface area contributed by atoms with Gasteiger partial charge in [0.15, 0.2) is 0 Å². The van der Waals surface area contributed by atoms with Crippen LogP contribution in [0.1, 0.15) is 50.3 Å². The van der Waals surface area contributed by atoms with Gasteiger partial charge in [-0.25, -0.2) is 8.42 Å². The second kappa shape index (κ2) is 12.9. The van der Waals surface area contributed by atoms with Crippen LogP contribution < -0.4 is 10.1 Å². The van der Waals surface area contributed by atoms with E-state index in [2.05, 4.69) is 31.0 Å². The average Bonchev–Trinajstić information content (AvgIpc) is 3.11. The molecule has 1 heterocycles. The standard InChI is InChI=1S/C29H41F2N3O5S/c1-28(2,3)19-29(20-33(4)5,16-23-11-6-7-12-25(23)39-27(30)31)32-17-21-9-8-10-22(15-21)18-34-24(26(35)36)13-14-40(34,37)38/h6-12,15,24,27,32H,13-14,16-20H2,1-5H3,(H,35,36)/t24?,29-/m1/s1. The molecule has 0 spiro atoms. The first kappa shape index (κ1) is 31.9. The van der Waals surface area contributed by atoms with Crippen molar-refractivity contribution in [2.75, 3.05) is 26.4 Å². The number of carboxylic acids is 1. The Kier molecular flexibility index (Phi) is 10.3. The predicted molar refractivity (Wildman–Crippen MR) is 151 cm³/mol. The molecule has 1 fully saturated rings. The zero-order valence-electron chi connectivity index (χ0n) is 23.9. The maximum atomic E-state index is 13.2. The van der Waals surface area contributed by atoms with E-state index < -0.39 is 34.2 Å². The number of sulfonamides is 1. The van der Waals surface area contributed by atoms with Crippen LogP contribution in [-0.4, -0.2) is 73.3 Å². The van der Waals surface area contributed by atoms with Gasteiger partial charge in [-0.05, 0) is 61.5 Å². The number of ether oxygens (including phenoxy) is 1. The molecular formula is C29H41F2N3O5S. The monoisotopic (exact) mass is 581 g/mol. The molecule has 0 aliphatic carbocycles. The van der Waals surface area contributed by atoms with Crippen molar-refractivity contribution in [3.05, 3.63) is 65.2 Å². The molecule has 0 saturated carbocycles. The normalized spacial score (nSPS) is 19.2. The summed E-state index contributed by atoms with van der Waals surface area (Å²) in [6, 6.07) is 13.2. The zero-order chi connectivity index (χ0) is 29.7. The van der Waals surface area contributed by atoms with Gasteiger partial charge < -0.3 is 20.1 Å². The van der Waals surface area contributed by atoms with E-state index in [-0.39, 0.29) is 29.9 Å². The highest BCUT2D eigenvalue weighted by Gasteiger charge is 2.41. The Morgan fingerprint density at radius 1 is 1.15 bits per heavy atom. The van der Waals surface area contributed by atoms with E-state index in [0.29, 0.717) is 30.6 Å². The molecular weight excluding hydrogens is 540 g/mol. The van der Waals surface area contributed by atoms with Crippen LogP contribution in [0.2, 0.25) is 0 Å². The number of benzene rings is 2. The van der Waals surface area contributed by atoms with Crippen LogP contribution in [-0.2, 0) is 34.3 Å². The van der Waals surface area contributed by atoms with E-state index in [1.165, 1.54) is 0 Å². The Hall–Kier alpha value is -2.60. The minimum atomic E-state index is -3.64. The number of para-hydroxylation sites is 1. The van der Waals surface area contributed by atoms with E-state index >= 15 is 0 Å². The van der Waals surface area contributed by atoms with E-state index in [9.17, 15) is 27.1 Å². The molecule has 222 valence electrons. The first-order chi connectivity index (χ1) is 18.6. The number of aliphatic carboxylic acids is 1. The number of carbonyl (C=O) groups is 1. The number of hydrogen-bond donors (Lipinski definition) is 2. The van der Waals surface area contributed by atoms with Gasteiger partial charge in [-0.15, -0.1) is 0 Å². The predicted octanol–water partition coefficient (Wildman–Crippen LogP) is 4.35. The average molecular weight is 582 g/mol. The van der Waals surface area contributed by atoms with Crippen LogP contribution in [0.25, 0.3) is 0 Å². The Labute approximate surface area is 236 Å². The van der Waals surface area contributed by atoms with Crippen molar-refractivity contribution in [3.63, 3.8) is 0 Å². The Morgan fingerprint density at radius 3 is 2.45 bits per heavy atom. The Balaban J connectivity index is 1.90. The second-order valence-corrected chi connectivity index (χ2v) is 14.1. The summed E-state index contributed by atoms with van der Waals surface area (Å²) in [5, 5.41) is 13.2. The van der Waals surface area contributed by atoms with E-state index in [1.54, 1.807) is 18.2 Å². The number of nitrogens with zero attached hydrogens (tertiary/aromatic N) is 2. The third kappa shape index (κ3) is 8.95. The maximum Gasteiger partial charge on any atom is 0.387 e. The highest BCUT2D eigenvalue weighted by atomic mass is 32.2. The van der Waals surface area contributed by atoms with Crippen molar-refractivity contribution in [1.29, 1.82) is 0 Å². The number of nitrogens with one attached hydrogen (secondary N) is 1. The number of alkyl halides is 2. The van der Waals surface area contributed by atoms with Crippen molar-refractivity contribution in [3.8, 4) is 5.75 Å². The summed E-state index contributed by atoms with van der Waals surface area (Å²) in [5.74, 6) is -1.18. The lowest BCUT2D eigenvalue weighted by Crippen LogP contribution is -2.55. The smallest absolute Gasteiger partial charge is 0.387 e. The molecule has 0 bridgehead atoms. The summed E-state index contributed by atoms with van der Waals surface area (Å²) in [5.41, 5.74) is 1.65. The number of halogens is 2. The molecule has 1 aliphatic rings. The van der Waals surface area contributed by atoms with Crippen molar-refractivity contribution in [2.45, 2.75) is 71.3 Å². The van der Waals surface area contributed by atoms with Crippen LogP contribution >= 0.6 is 0 Å². The topological polar surface area (TPSA) is 99.2 Å². The number of carboxylic acid groups (broad SMARTS) is 1. The first-order valence-corrected chi connectivity index (χ1v) is 14.9. The molecule has 2 N–H and O–H groups in total. The van der Waals surface area contributed by atoms with Crippen LogP contribution in [0, 0.1) is 5.41 Å². The summed E-state index contributed by atoms with van der Waals surface area (Å²) in [4.78, 5) is 13.7. The van der Waals surface area contributed by atoms with Crippen LogP contribution in [0.3, 0.4) is 0 Å². The van der Waals surface area contributed by atoms with Gasteiger partial charge in [-0.3, -0.25) is 4.79 Å². The summed E-state index contributed by atoms with van der Waals surface area (Å²) >= 11 is 0. The molecule has 11 heteroatoms. The molecule has 1 aliphatic heterocycles. The van der Waals surface area contributed by atoms with Crippen molar-refractivity contribution >= 4 is 16.0 Å². The van der Waals surface area contributed by atoms with Gasteiger partial charge in [0.1, 0.15) is 11.8 Å². The summed E-state index contributed by atoms with van der Waals surface area (Å²) in [6.07, 6.45) is 1.24.